The molecule has 2 N–H and O–H groups in total. The summed E-state index contributed by atoms with van der Waals surface area (Å²) in [5.74, 6) is -0.539. The van der Waals surface area contributed by atoms with Crippen molar-refractivity contribution in [1.82, 2.24) is 10.3 Å². The van der Waals surface area contributed by atoms with E-state index in [4.69, 9.17) is 11.6 Å². The van der Waals surface area contributed by atoms with E-state index in [1.54, 1.807) is 18.5 Å². The Balaban J connectivity index is 1.68. The number of benzene rings is 1. The molecule has 132 valence electrons. The van der Waals surface area contributed by atoms with E-state index in [-0.39, 0.29) is 41.0 Å². The van der Waals surface area contributed by atoms with Crippen molar-refractivity contribution in [3.8, 4) is 0 Å². The quantitative estimate of drug-likeness (QED) is 0.830. The molecule has 4 nitrogen and oxygen atoms in total. The number of pyridine rings is 1. The summed E-state index contributed by atoms with van der Waals surface area (Å²) in [5.41, 5.74) is 1.27. The van der Waals surface area contributed by atoms with Crippen LogP contribution in [0.5, 0.6) is 0 Å². The summed E-state index contributed by atoms with van der Waals surface area (Å²) in [4.78, 5) is 16.4. The average Bonchev–Trinajstić information content (AvgIpc) is 2.56. The number of carbonyl (C=O) groups excluding carboxylic acids is 1. The van der Waals surface area contributed by atoms with Crippen LogP contribution in [0.1, 0.15) is 24.0 Å². The van der Waals surface area contributed by atoms with Crippen LogP contribution in [-0.4, -0.2) is 28.1 Å². The third-order valence-corrected chi connectivity index (χ3v) is 5.02. The van der Waals surface area contributed by atoms with Gasteiger partial charge in [0.25, 0.3) is 0 Å². The van der Waals surface area contributed by atoms with Crippen molar-refractivity contribution in [3.05, 3.63) is 64.7 Å². The first kappa shape index (κ1) is 17.8. The van der Waals surface area contributed by atoms with Gasteiger partial charge in [0.2, 0.25) is 5.91 Å². The second-order valence-corrected chi connectivity index (χ2v) is 6.90. The Labute approximate surface area is 151 Å². The minimum atomic E-state index is -0.479. The van der Waals surface area contributed by atoms with E-state index in [1.165, 1.54) is 12.1 Å². The number of nitrogens with zero attached hydrogens (tertiary/aromatic N) is 1. The number of rotatable bonds is 6. The zero-order valence-corrected chi connectivity index (χ0v) is 14.4. The Bertz CT molecular complexity index is 715. The monoisotopic (exact) mass is 362 g/mol. The van der Waals surface area contributed by atoms with Crippen molar-refractivity contribution >= 4 is 17.5 Å². The fraction of sp³-hybridized carbons (Fsp3) is 0.368. The number of nitrogens with one attached hydrogen (secondary N) is 1. The summed E-state index contributed by atoms with van der Waals surface area (Å²) in [6.45, 7) is 0. The van der Waals surface area contributed by atoms with Crippen LogP contribution in [0.2, 0.25) is 5.02 Å². The van der Waals surface area contributed by atoms with Gasteiger partial charge in [0.15, 0.2) is 0 Å². The molecule has 1 atom stereocenters. The number of aliphatic hydroxyl groups is 1. The summed E-state index contributed by atoms with van der Waals surface area (Å²) in [6, 6.07) is 8.09. The third-order valence-electron chi connectivity index (χ3n) is 4.67. The van der Waals surface area contributed by atoms with Crippen LogP contribution in [0.4, 0.5) is 4.39 Å². The number of aromatic nitrogens is 1. The average molecular weight is 363 g/mol. The number of carbonyl (C=O) groups is 1. The SMILES string of the molecule is O=C(Cc1c(F)cccc1Cl)NC(Cc1ccncc1)C1CC(O)C1. The number of hydrogen-bond acceptors (Lipinski definition) is 3. The van der Waals surface area contributed by atoms with Crippen LogP contribution in [0.25, 0.3) is 0 Å². The standard InChI is InChI=1S/C19H20ClFN2O2/c20-16-2-1-3-17(21)15(16)11-19(25)23-18(13-9-14(24)10-13)8-12-4-6-22-7-5-12/h1-7,13-14,18,24H,8-11H2,(H,23,25). The highest BCUT2D eigenvalue weighted by atomic mass is 35.5. The maximum atomic E-state index is 13.9. The van der Waals surface area contributed by atoms with Gasteiger partial charge in [-0.25, -0.2) is 4.39 Å². The highest BCUT2D eigenvalue weighted by Crippen LogP contribution is 2.32. The van der Waals surface area contributed by atoms with Crippen molar-refractivity contribution in [2.45, 2.75) is 37.8 Å². The zero-order valence-electron chi connectivity index (χ0n) is 13.7. The third kappa shape index (κ3) is 4.55. The molecule has 6 heteroatoms. The van der Waals surface area contributed by atoms with Crippen LogP contribution < -0.4 is 5.32 Å². The lowest BCUT2D eigenvalue weighted by molar-refractivity contribution is -0.122. The first-order chi connectivity index (χ1) is 12.0. The van der Waals surface area contributed by atoms with E-state index in [0.717, 1.165) is 5.56 Å². The van der Waals surface area contributed by atoms with Gasteiger partial charge in [-0.15, -0.1) is 0 Å². The zero-order chi connectivity index (χ0) is 17.8. The predicted molar refractivity (Wildman–Crippen MR) is 93.7 cm³/mol. The Kier molecular flexibility index (Phi) is 5.66. The number of amides is 1. The normalized spacial score (nSPS) is 20.6. The molecule has 0 bridgehead atoms. The second kappa shape index (κ2) is 7.93. The Morgan fingerprint density at radius 2 is 2.04 bits per heavy atom. The molecule has 1 heterocycles. The minimum Gasteiger partial charge on any atom is -0.393 e. The first-order valence-corrected chi connectivity index (χ1v) is 8.70. The van der Waals surface area contributed by atoms with Gasteiger partial charge in [0.1, 0.15) is 5.82 Å². The van der Waals surface area contributed by atoms with Gasteiger partial charge in [-0.2, -0.15) is 0 Å². The highest BCUT2D eigenvalue weighted by Gasteiger charge is 2.34. The summed E-state index contributed by atoms with van der Waals surface area (Å²) in [5, 5.41) is 12.8. The van der Waals surface area contributed by atoms with Crippen LogP contribution >= 0.6 is 11.6 Å². The van der Waals surface area contributed by atoms with Gasteiger partial charge >= 0.3 is 0 Å². The predicted octanol–water partition coefficient (Wildman–Crippen LogP) is 2.92. The molecule has 1 fully saturated rings. The van der Waals surface area contributed by atoms with Crippen LogP contribution in [0, 0.1) is 11.7 Å². The smallest absolute Gasteiger partial charge is 0.224 e. The molecule has 2 aromatic rings. The summed E-state index contributed by atoms with van der Waals surface area (Å²) in [6.07, 6.45) is 4.99. The molecule has 3 rings (SSSR count). The Morgan fingerprint density at radius 1 is 1.32 bits per heavy atom. The summed E-state index contributed by atoms with van der Waals surface area (Å²) < 4.78 is 13.9. The fourth-order valence-corrected chi connectivity index (χ4v) is 3.42. The molecule has 0 radical (unpaired) electrons. The van der Waals surface area contributed by atoms with Gasteiger partial charge in [-0.1, -0.05) is 17.7 Å². The van der Waals surface area contributed by atoms with E-state index in [2.05, 4.69) is 10.3 Å². The largest absolute Gasteiger partial charge is 0.393 e. The molecule has 25 heavy (non-hydrogen) atoms. The van der Waals surface area contributed by atoms with Crippen molar-refractivity contribution in [2.75, 3.05) is 0 Å². The van der Waals surface area contributed by atoms with Crippen LogP contribution in [-0.2, 0) is 17.6 Å². The topological polar surface area (TPSA) is 62.2 Å². The number of halogens is 2. The lowest BCUT2D eigenvalue weighted by Gasteiger charge is -2.38. The Hall–Kier alpha value is -1.98. The van der Waals surface area contributed by atoms with Crippen molar-refractivity contribution < 1.29 is 14.3 Å². The van der Waals surface area contributed by atoms with E-state index in [0.29, 0.717) is 19.3 Å². The van der Waals surface area contributed by atoms with Gasteiger partial charge in [-0.3, -0.25) is 9.78 Å². The second-order valence-electron chi connectivity index (χ2n) is 6.50. The molecule has 0 saturated heterocycles. The molecule has 1 unspecified atom stereocenters. The molecule has 1 aliphatic carbocycles. The van der Waals surface area contributed by atoms with Crippen molar-refractivity contribution in [1.29, 1.82) is 0 Å². The maximum absolute atomic E-state index is 13.9. The minimum absolute atomic E-state index is 0.104. The van der Waals surface area contributed by atoms with Gasteiger partial charge in [0, 0.05) is 29.0 Å². The molecule has 1 amide bonds. The van der Waals surface area contributed by atoms with Crippen LogP contribution in [0.15, 0.2) is 42.7 Å². The van der Waals surface area contributed by atoms with E-state index >= 15 is 0 Å². The van der Waals surface area contributed by atoms with E-state index < -0.39 is 5.82 Å². The van der Waals surface area contributed by atoms with Crippen molar-refractivity contribution in [2.24, 2.45) is 5.92 Å². The summed E-state index contributed by atoms with van der Waals surface area (Å²) in [7, 11) is 0. The molecular weight excluding hydrogens is 343 g/mol. The lowest BCUT2D eigenvalue weighted by Crippen LogP contribution is -2.48. The molecule has 1 saturated carbocycles. The first-order valence-electron chi connectivity index (χ1n) is 8.32. The van der Waals surface area contributed by atoms with Crippen molar-refractivity contribution in [3.63, 3.8) is 0 Å². The molecule has 0 aliphatic heterocycles. The van der Waals surface area contributed by atoms with E-state index in [9.17, 15) is 14.3 Å². The number of hydrogen-bond donors (Lipinski definition) is 2. The summed E-state index contributed by atoms with van der Waals surface area (Å²) >= 11 is 6.00. The molecule has 0 spiro atoms. The molecular formula is C19H20ClFN2O2. The lowest BCUT2D eigenvalue weighted by atomic mass is 9.75. The Morgan fingerprint density at radius 3 is 2.68 bits per heavy atom. The molecule has 1 aliphatic rings. The molecule has 1 aromatic carbocycles. The van der Waals surface area contributed by atoms with Crippen LogP contribution in [0.3, 0.4) is 0 Å². The van der Waals surface area contributed by atoms with E-state index in [1.807, 2.05) is 12.1 Å². The van der Waals surface area contributed by atoms with Gasteiger partial charge in [0.05, 0.1) is 12.5 Å². The van der Waals surface area contributed by atoms with Gasteiger partial charge < -0.3 is 10.4 Å². The molecule has 1 aromatic heterocycles. The fourth-order valence-electron chi connectivity index (χ4n) is 3.19. The van der Waals surface area contributed by atoms with Gasteiger partial charge in [-0.05, 0) is 55.0 Å². The maximum Gasteiger partial charge on any atom is 0.224 e. The highest BCUT2D eigenvalue weighted by molar-refractivity contribution is 6.31. The number of aliphatic hydroxyl groups excluding tert-OH is 1.